The molecule has 0 bridgehead atoms. The number of aromatic nitrogens is 1. The number of likely N-dealkylation sites (N-methyl/N-ethyl adjacent to an activating group) is 2. The maximum absolute atomic E-state index is 4.45. The van der Waals surface area contributed by atoms with Crippen molar-refractivity contribution in [1.82, 2.24) is 10.3 Å². The largest absolute Gasteiger partial charge is 0.358 e. The molecule has 0 aliphatic rings. The Kier molecular flexibility index (Phi) is 4.40. The highest BCUT2D eigenvalue weighted by molar-refractivity contribution is 5.37. The summed E-state index contributed by atoms with van der Waals surface area (Å²) in [5.41, 5.74) is 1.07. The molecule has 0 spiro atoms. The fourth-order valence-corrected chi connectivity index (χ4v) is 1.28. The smallest absolute Gasteiger partial charge is 0.128 e. The Hall–Kier alpha value is -1.09. The summed E-state index contributed by atoms with van der Waals surface area (Å²) < 4.78 is 0. The van der Waals surface area contributed by atoms with Crippen LogP contribution in [0.1, 0.15) is 12.6 Å². The number of pyridine rings is 1. The summed E-state index contributed by atoms with van der Waals surface area (Å²) in [5.74, 6) is 1.04. The molecule has 3 heteroatoms. The van der Waals surface area contributed by atoms with Crippen molar-refractivity contribution in [3.63, 3.8) is 0 Å². The molecule has 1 heterocycles. The second kappa shape index (κ2) is 5.60. The third-order valence-corrected chi connectivity index (χ3v) is 2.14. The maximum atomic E-state index is 4.45. The molecule has 0 amide bonds. The number of nitrogens with zero attached hydrogens (tertiary/aromatic N) is 2. The highest BCUT2D eigenvalue weighted by Gasteiger charge is 2.00. The van der Waals surface area contributed by atoms with E-state index in [1.54, 1.807) is 0 Å². The minimum absolute atomic E-state index is 0.990. The fourth-order valence-electron chi connectivity index (χ4n) is 1.28. The Morgan fingerprint density at radius 1 is 1.43 bits per heavy atom. The SMILES string of the molecule is CCNCCN(C)c1cccc(C)n1. The van der Waals surface area contributed by atoms with Gasteiger partial charge >= 0.3 is 0 Å². The molecular formula is C11H19N3. The first-order valence-electron chi connectivity index (χ1n) is 5.09. The first-order valence-corrected chi connectivity index (χ1v) is 5.09. The molecule has 0 aliphatic heterocycles. The lowest BCUT2D eigenvalue weighted by atomic mass is 10.3. The molecule has 0 unspecified atom stereocenters. The van der Waals surface area contributed by atoms with Gasteiger partial charge in [0.1, 0.15) is 5.82 Å². The summed E-state index contributed by atoms with van der Waals surface area (Å²) in [6.45, 7) is 7.15. The molecule has 0 aliphatic carbocycles. The van der Waals surface area contributed by atoms with Crippen molar-refractivity contribution in [3.05, 3.63) is 23.9 Å². The quantitative estimate of drug-likeness (QED) is 0.717. The topological polar surface area (TPSA) is 28.2 Å². The molecule has 0 radical (unpaired) electrons. The molecule has 1 aromatic heterocycles. The van der Waals surface area contributed by atoms with Crippen LogP contribution in [0.15, 0.2) is 18.2 Å². The molecule has 1 aromatic rings. The second-order valence-corrected chi connectivity index (χ2v) is 3.41. The van der Waals surface area contributed by atoms with Gasteiger partial charge in [0.05, 0.1) is 0 Å². The maximum Gasteiger partial charge on any atom is 0.128 e. The number of nitrogens with one attached hydrogen (secondary N) is 1. The molecule has 0 atom stereocenters. The van der Waals surface area contributed by atoms with Crippen LogP contribution >= 0.6 is 0 Å². The van der Waals surface area contributed by atoms with Gasteiger partial charge in [-0.3, -0.25) is 0 Å². The van der Waals surface area contributed by atoms with Crippen LogP contribution in [-0.4, -0.2) is 31.7 Å². The molecule has 0 fully saturated rings. The van der Waals surface area contributed by atoms with Crippen molar-refractivity contribution in [2.45, 2.75) is 13.8 Å². The van der Waals surface area contributed by atoms with E-state index in [1.165, 1.54) is 0 Å². The summed E-state index contributed by atoms with van der Waals surface area (Å²) in [7, 11) is 2.07. The molecule has 14 heavy (non-hydrogen) atoms. The first-order chi connectivity index (χ1) is 6.74. The number of anilines is 1. The van der Waals surface area contributed by atoms with E-state index in [1.807, 2.05) is 25.1 Å². The van der Waals surface area contributed by atoms with E-state index in [-0.39, 0.29) is 0 Å². The average molecular weight is 193 g/mol. The number of aryl methyl sites for hydroxylation is 1. The summed E-state index contributed by atoms with van der Waals surface area (Å²) >= 11 is 0. The monoisotopic (exact) mass is 193 g/mol. The lowest BCUT2D eigenvalue weighted by Crippen LogP contribution is -2.29. The van der Waals surface area contributed by atoms with E-state index in [4.69, 9.17) is 0 Å². The lowest BCUT2D eigenvalue weighted by molar-refractivity contribution is 0.702. The Bertz CT molecular complexity index is 273. The number of rotatable bonds is 5. The van der Waals surface area contributed by atoms with Gasteiger partial charge in [0.15, 0.2) is 0 Å². The van der Waals surface area contributed by atoms with Crippen molar-refractivity contribution in [1.29, 1.82) is 0 Å². The van der Waals surface area contributed by atoms with E-state index in [2.05, 4.69) is 29.2 Å². The van der Waals surface area contributed by atoms with Gasteiger partial charge in [0.2, 0.25) is 0 Å². The van der Waals surface area contributed by atoms with Crippen LogP contribution in [0.3, 0.4) is 0 Å². The van der Waals surface area contributed by atoms with Crippen LogP contribution in [0.4, 0.5) is 5.82 Å². The zero-order chi connectivity index (χ0) is 10.4. The predicted octanol–water partition coefficient (Wildman–Crippen LogP) is 1.44. The van der Waals surface area contributed by atoms with Crippen molar-refractivity contribution in [2.24, 2.45) is 0 Å². The number of hydrogen-bond donors (Lipinski definition) is 1. The summed E-state index contributed by atoms with van der Waals surface area (Å²) in [5, 5.41) is 3.29. The molecule has 0 saturated carbocycles. The summed E-state index contributed by atoms with van der Waals surface area (Å²) in [4.78, 5) is 6.61. The first kappa shape index (κ1) is 11.0. The summed E-state index contributed by atoms with van der Waals surface area (Å²) in [6, 6.07) is 6.10. The third-order valence-electron chi connectivity index (χ3n) is 2.14. The molecule has 0 aromatic carbocycles. The van der Waals surface area contributed by atoms with Gasteiger partial charge in [-0.05, 0) is 25.6 Å². The molecule has 1 rings (SSSR count). The van der Waals surface area contributed by atoms with Gasteiger partial charge in [0.25, 0.3) is 0 Å². The van der Waals surface area contributed by atoms with Crippen LogP contribution in [0.5, 0.6) is 0 Å². The molecule has 78 valence electrons. The molecular weight excluding hydrogens is 174 g/mol. The average Bonchev–Trinajstić information content (AvgIpc) is 2.18. The van der Waals surface area contributed by atoms with Crippen LogP contribution in [0.25, 0.3) is 0 Å². The van der Waals surface area contributed by atoms with Gasteiger partial charge in [-0.25, -0.2) is 4.98 Å². The van der Waals surface area contributed by atoms with Crippen LogP contribution < -0.4 is 10.2 Å². The van der Waals surface area contributed by atoms with Crippen molar-refractivity contribution in [2.75, 3.05) is 31.6 Å². The van der Waals surface area contributed by atoms with Crippen LogP contribution in [0, 0.1) is 6.92 Å². The van der Waals surface area contributed by atoms with Gasteiger partial charge in [-0.2, -0.15) is 0 Å². The molecule has 3 nitrogen and oxygen atoms in total. The van der Waals surface area contributed by atoms with Crippen LogP contribution in [-0.2, 0) is 0 Å². The standard InChI is InChI=1S/C11H19N3/c1-4-12-8-9-14(3)11-7-5-6-10(2)13-11/h5-7,12H,4,8-9H2,1-3H3. The Morgan fingerprint density at radius 2 is 2.21 bits per heavy atom. The van der Waals surface area contributed by atoms with E-state index in [0.29, 0.717) is 0 Å². The fraction of sp³-hybridized carbons (Fsp3) is 0.545. The predicted molar refractivity (Wildman–Crippen MR) is 60.8 cm³/mol. The minimum Gasteiger partial charge on any atom is -0.358 e. The van der Waals surface area contributed by atoms with Gasteiger partial charge in [-0.15, -0.1) is 0 Å². The van der Waals surface area contributed by atoms with Crippen molar-refractivity contribution >= 4 is 5.82 Å². The van der Waals surface area contributed by atoms with Crippen molar-refractivity contribution < 1.29 is 0 Å². The van der Waals surface area contributed by atoms with Gasteiger partial charge < -0.3 is 10.2 Å². The minimum atomic E-state index is 0.990. The van der Waals surface area contributed by atoms with Crippen molar-refractivity contribution in [3.8, 4) is 0 Å². The Balaban J connectivity index is 2.47. The summed E-state index contributed by atoms with van der Waals surface area (Å²) in [6.07, 6.45) is 0. The second-order valence-electron chi connectivity index (χ2n) is 3.41. The van der Waals surface area contributed by atoms with Crippen LogP contribution in [0.2, 0.25) is 0 Å². The van der Waals surface area contributed by atoms with E-state index >= 15 is 0 Å². The zero-order valence-corrected chi connectivity index (χ0v) is 9.25. The van der Waals surface area contributed by atoms with Gasteiger partial charge in [0, 0.05) is 25.8 Å². The number of hydrogen-bond acceptors (Lipinski definition) is 3. The lowest BCUT2D eigenvalue weighted by Gasteiger charge is -2.18. The Morgan fingerprint density at radius 3 is 2.86 bits per heavy atom. The van der Waals surface area contributed by atoms with E-state index < -0.39 is 0 Å². The Labute approximate surface area is 86.2 Å². The zero-order valence-electron chi connectivity index (χ0n) is 9.25. The molecule has 1 N–H and O–H groups in total. The molecule has 0 saturated heterocycles. The normalized spacial score (nSPS) is 10.2. The van der Waals surface area contributed by atoms with Gasteiger partial charge in [-0.1, -0.05) is 13.0 Å². The van der Waals surface area contributed by atoms with E-state index in [0.717, 1.165) is 31.1 Å². The highest BCUT2D eigenvalue weighted by Crippen LogP contribution is 2.07. The van der Waals surface area contributed by atoms with E-state index in [9.17, 15) is 0 Å². The highest BCUT2D eigenvalue weighted by atomic mass is 15.2. The third kappa shape index (κ3) is 3.34.